The van der Waals surface area contributed by atoms with Gasteiger partial charge < -0.3 is 9.64 Å². The summed E-state index contributed by atoms with van der Waals surface area (Å²) in [4.78, 5) is 30.4. The van der Waals surface area contributed by atoms with Crippen LogP contribution in [0, 0.1) is 17.7 Å². The number of pyridine rings is 1. The van der Waals surface area contributed by atoms with Crippen molar-refractivity contribution in [3.8, 4) is 5.75 Å². The van der Waals surface area contributed by atoms with Crippen LogP contribution in [0.5, 0.6) is 5.75 Å². The van der Waals surface area contributed by atoms with Crippen molar-refractivity contribution in [2.75, 3.05) is 19.7 Å². The van der Waals surface area contributed by atoms with Crippen molar-refractivity contribution in [1.29, 1.82) is 0 Å². The molecule has 0 unspecified atom stereocenters. The van der Waals surface area contributed by atoms with Crippen LogP contribution >= 0.6 is 0 Å². The van der Waals surface area contributed by atoms with Gasteiger partial charge in [-0.25, -0.2) is 9.37 Å². The molecule has 1 atom stereocenters. The summed E-state index contributed by atoms with van der Waals surface area (Å²) < 4.78 is 32.9. The standard InChI is InChI=1S/C27H24F2N2O3/c28-22-4-1-17(2-5-22)26(19-7-10-30-25(29)15-19)18-8-11-31(12-9-18)27(33)20-3-6-24-21(13-20)14-23(32)16-34-24/h1-7,10,13,15,18,26H,8-9,11-12,14,16H2/t26-/m1/s1. The number of benzene rings is 2. The number of ketones is 1. The van der Waals surface area contributed by atoms with Crippen molar-refractivity contribution >= 4 is 11.7 Å². The van der Waals surface area contributed by atoms with Crippen LogP contribution in [0.15, 0.2) is 60.8 Å². The fourth-order valence-corrected chi connectivity index (χ4v) is 5.05. The van der Waals surface area contributed by atoms with Gasteiger partial charge in [0.05, 0.1) is 0 Å². The molecule has 174 valence electrons. The minimum Gasteiger partial charge on any atom is -0.486 e. The highest BCUT2D eigenvalue weighted by Gasteiger charge is 2.31. The number of hydrogen-bond donors (Lipinski definition) is 0. The molecule has 1 amide bonds. The monoisotopic (exact) mass is 462 g/mol. The van der Waals surface area contributed by atoms with Gasteiger partial charge in [0.2, 0.25) is 5.95 Å². The number of aromatic nitrogens is 1. The third kappa shape index (κ3) is 4.55. The summed E-state index contributed by atoms with van der Waals surface area (Å²) in [6, 6.07) is 14.8. The molecule has 2 aromatic carbocycles. The molecular formula is C27H24F2N2O3. The number of halogens is 2. The fraction of sp³-hybridized carbons (Fsp3) is 0.296. The molecule has 3 aromatic rings. The number of rotatable bonds is 4. The zero-order chi connectivity index (χ0) is 23.7. The second-order valence-electron chi connectivity index (χ2n) is 8.90. The summed E-state index contributed by atoms with van der Waals surface area (Å²) in [6.07, 6.45) is 3.18. The zero-order valence-electron chi connectivity index (χ0n) is 18.5. The van der Waals surface area contributed by atoms with E-state index in [0.717, 1.165) is 29.5 Å². The van der Waals surface area contributed by atoms with Gasteiger partial charge in [-0.3, -0.25) is 9.59 Å². The molecule has 7 heteroatoms. The van der Waals surface area contributed by atoms with Gasteiger partial charge >= 0.3 is 0 Å². The van der Waals surface area contributed by atoms with Gasteiger partial charge in [0.25, 0.3) is 5.91 Å². The quantitative estimate of drug-likeness (QED) is 0.534. The summed E-state index contributed by atoms with van der Waals surface area (Å²) in [5, 5.41) is 0. The molecule has 1 saturated heterocycles. The summed E-state index contributed by atoms with van der Waals surface area (Å²) >= 11 is 0. The van der Waals surface area contributed by atoms with Crippen LogP contribution in [-0.2, 0) is 11.2 Å². The van der Waals surface area contributed by atoms with E-state index in [9.17, 15) is 18.4 Å². The Morgan fingerprint density at radius 2 is 1.76 bits per heavy atom. The SMILES string of the molecule is O=C1COc2ccc(C(=O)N3CCC([C@@H](c4ccc(F)cc4)c4ccnc(F)c4)CC3)cc2C1. The van der Waals surface area contributed by atoms with Crippen LogP contribution < -0.4 is 4.74 Å². The first-order valence-corrected chi connectivity index (χ1v) is 11.4. The maximum Gasteiger partial charge on any atom is 0.253 e. The molecular weight excluding hydrogens is 438 g/mol. The van der Waals surface area contributed by atoms with E-state index >= 15 is 0 Å². The minimum absolute atomic E-state index is 0.00250. The molecule has 0 radical (unpaired) electrons. The van der Waals surface area contributed by atoms with E-state index < -0.39 is 5.95 Å². The first-order chi connectivity index (χ1) is 16.5. The van der Waals surface area contributed by atoms with E-state index in [1.807, 2.05) is 4.90 Å². The van der Waals surface area contributed by atoms with Gasteiger partial charge in [0.1, 0.15) is 18.2 Å². The third-order valence-corrected chi connectivity index (χ3v) is 6.72. The van der Waals surface area contributed by atoms with Crippen molar-refractivity contribution < 1.29 is 23.1 Å². The highest BCUT2D eigenvalue weighted by molar-refractivity contribution is 5.95. The Hall–Kier alpha value is -3.61. The van der Waals surface area contributed by atoms with Crippen molar-refractivity contribution in [1.82, 2.24) is 9.88 Å². The molecule has 1 fully saturated rings. The average Bonchev–Trinajstić information content (AvgIpc) is 2.85. The molecule has 0 bridgehead atoms. The number of amides is 1. The van der Waals surface area contributed by atoms with Gasteiger partial charge in [-0.1, -0.05) is 12.1 Å². The topological polar surface area (TPSA) is 59.5 Å². The number of Topliss-reactive ketones (excluding diaryl/α,β-unsaturated/α-hetero) is 1. The van der Waals surface area contributed by atoms with Crippen LogP contribution in [0.2, 0.25) is 0 Å². The van der Waals surface area contributed by atoms with E-state index in [4.69, 9.17) is 4.74 Å². The summed E-state index contributed by atoms with van der Waals surface area (Å²) in [6.45, 7) is 1.19. The number of nitrogens with zero attached hydrogens (tertiary/aromatic N) is 2. The average molecular weight is 462 g/mol. The maximum absolute atomic E-state index is 13.9. The van der Waals surface area contributed by atoms with Crippen molar-refractivity contribution in [3.05, 3.63) is 94.8 Å². The lowest BCUT2D eigenvalue weighted by atomic mass is 9.76. The normalized spacial score (nSPS) is 17.1. The van der Waals surface area contributed by atoms with Crippen molar-refractivity contribution in [2.45, 2.75) is 25.2 Å². The lowest BCUT2D eigenvalue weighted by Crippen LogP contribution is -2.40. The number of carbonyl (C=O) groups is 2. The van der Waals surface area contributed by atoms with E-state index in [-0.39, 0.29) is 42.4 Å². The molecule has 1 aromatic heterocycles. The van der Waals surface area contributed by atoms with Crippen LogP contribution in [0.4, 0.5) is 8.78 Å². The van der Waals surface area contributed by atoms with Gasteiger partial charge in [-0.15, -0.1) is 0 Å². The Bertz CT molecular complexity index is 1220. The predicted octanol–water partition coefficient (Wildman–Crippen LogP) is 4.55. The molecule has 0 N–H and O–H groups in total. The van der Waals surface area contributed by atoms with Gasteiger partial charge in [0, 0.05) is 42.8 Å². The third-order valence-electron chi connectivity index (χ3n) is 6.72. The van der Waals surface area contributed by atoms with Crippen LogP contribution in [0.3, 0.4) is 0 Å². The lowest BCUT2D eigenvalue weighted by molar-refractivity contribution is -0.121. The maximum atomic E-state index is 13.9. The van der Waals surface area contributed by atoms with Crippen LogP contribution in [-0.4, -0.2) is 41.3 Å². The van der Waals surface area contributed by atoms with E-state index in [1.54, 1.807) is 36.4 Å². The predicted molar refractivity (Wildman–Crippen MR) is 122 cm³/mol. The van der Waals surface area contributed by atoms with Gasteiger partial charge in [-0.05, 0) is 72.4 Å². The highest BCUT2D eigenvalue weighted by Crippen LogP contribution is 2.38. The smallest absolute Gasteiger partial charge is 0.253 e. The Kier molecular flexibility index (Phi) is 6.09. The number of carbonyl (C=O) groups excluding carboxylic acids is 2. The largest absolute Gasteiger partial charge is 0.486 e. The summed E-state index contributed by atoms with van der Waals surface area (Å²) in [7, 11) is 0. The van der Waals surface area contributed by atoms with Gasteiger partial charge in [0.15, 0.2) is 5.78 Å². The Balaban J connectivity index is 1.33. The van der Waals surface area contributed by atoms with E-state index in [1.165, 1.54) is 24.4 Å². The summed E-state index contributed by atoms with van der Waals surface area (Å²) in [5.41, 5.74) is 2.99. The molecule has 0 aliphatic carbocycles. The highest BCUT2D eigenvalue weighted by atomic mass is 19.1. The fourth-order valence-electron chi connectivity index (χ4n) is 5.05. The molecule has 5 nitrogen and oxygen atoms in total. The number of likely N-dealkylation sites (tertiary alicyclic amines) is 1. The van der Waals surface area contributed by atoms with E-state index in [2.05, 4.69) is 4.98 Å². The first kappa shape index (κ1) is 22.2. The molecule has 0 spiro atoms. The molecule has 3 heterocycles. The first-order valence-electron chi connectivity index (χ1n) is 11.4. The molecule has 2 aliphatic heterocycles. The number of ether oxygens (including phenoxy) is 1. The Morgan fingerprint density at radius 1 is 1.00 bits per heavy atom. The number of fused-ring (bicyclic) bond motifs is 1. The van der Waals surface area contributed by atoms with Crippen LogP contribution in [0.1, 0.15) is 45.8 Å². The lowest BCUT2D eigenvalue weighted by Gasteiger charge is -2.36. The summed E-state index contributed by atoms with van der Waals surface area (Å²) in [5.74, 6) is -0.257. The zero-order valence-corrected chi connectivity index (χ0v) is 18.5. The Labute approximate surface area is 196 Å². The number of hydrogen-bond acceptors (Lipinski definition) is 4. The second-order valence-corrected chi connectivity index (χ2v) is 8.90. The Morgan fingerprint density at radius 3 is 2.50 bits per heavy atom. The molecule has 0 saturated carbocycles. The minimum atomic E-state index is -0.549. The molecule has 5 rings (SSSR count). The number of piperidine rings is 1. The van der Waals surface area contributed by atoms with Crippen molar-refractivity contribution in [2.24, 2.45) is 5.92 Å². The molecule has 2 aliphatic rings. The van der Waals surface area contributed by atoms with Crippen molar-refractivity contribution in [3.63, 3.8) is 0 Å². The van der Waals surface area contributed by atoms with Crippen LogP contribution in [0.25, 0.3) is 0 Å². The van der Waals surface area contributed by atoms with Gasteiger partial charge in [-0.2, -0.15) is 4.39 Å². The second kappa shape index (κ2) is 9.33. The van der Waals surface area contributed by atoms with E-state index in [0.29, 0.717) is 24.4 Å². The molecule has 34 heavy (non-hydrogen) atoms.